The van der Waals surface area contributed by atoms with Crippen LogP contribution in [0.15, 0.2) is 18.2 Å². The van der Waals surface area contributed by atoms with E-state index in [0.717, 1.165) is 29.5 Å². The molecule has 1 aromatic rings. The van der Waals surface area contributed by atoms with E-state index in [-0.39, 0.29) is 17.7 Å². The fraction of sp³-hybridized carbons (Fsp3) is 0.667. The number of ether oxygens (including phenoxy) is 1. The first-order valence-electron chi connectivity index (χ1n) is 12.5. The molecule has 192 valence electrons. The number of hydrogen-bond donors (Lipinski definition) is 2. The first-order valence-corrected chi connectivity index (χ1v) is 12.5. The number of carbonyl (C=O) groups is 3. The molecule has 0 saturated heterocycles. The highest BCUT2D eigenvalue weighted by Gasteiger charge is 2.37. The minimum Gasteiger partial charge on any atom is -0.444 e. The quantitative estimate of drug-likeness (QED) is 0.439. The van der Waals surface area contributed by atoms with Crippen LogP contribution in [0.4, 0.5) is 4.79 Å². The average molecular weight is 476 g/mol. The molecule has 3 unspecified atom stereocenters. The summed E-state index contributed by atoms with van der Waals surface area (Å²) in [5.74, 6) is -0.645. The number of nitrogens with one attached hydrogen (secondary N) is 2. The Morgan fingerprint density at radius 3 is 2.26 bits per heavy atom. The van der Waals surface area contributed by atoms with Crippen molar-refractivity contribution >= 4 is 17.9 Å². The lowest BCUT2D eigenvalue weighted by Gasteiger charge is -2.36. The van der Waals surface area contributed by atoms with Crippen LogP contribution in [0.1, 0.15) is 90.5 Å². The van der Waals surface area contributed by atoms with Gasteiger partial charge in [0.05, 0.1) is 0 Å². The molecule has 0 heterocycles. The summed E-state index contributed by atoms with van der Waals surface area (Å²) >= 11 is 0. The van der Waals surface area contributed by atoms with E-state index in [2.05, 4.69) is 17.6 Å². The number of alkyl carbamates (subject to hydrolysis) is 1. The zero-order chi connectivity index (χ0) is 26.1. The molecule has 0 radical (unpaired) electrons. The average Bonchev–Trinajstić information content (AvgIpc) is 2.75. The Hall–Kier alpha value is -2.57. The van der Waals surface area contributed by atoms with E-state index in [1.54, 1.807) is 25.7 Å². The second kappa shape index (κ2) is 13.4. The Kier molecular flexibility index (Phi) is 11.6. The van der Waals surface area contributed by atoms with E-state index in [1.807, 2.05) is 52.8 Å². The summed E-state index contributed by atoms with van der Waals surface area (Å²) < 4.78 is 5.42. The van der Waals surface area contributed by atoms with E-state index in [9.17, 15) is 14.4 Å². The summed E-state index contributed by atoms with van der Waals surface area (Å²) in [6, 6.07) is 4.33. The van der Waals surface area contributed by atoms with Crippen LogP contribution in [0.5, 0.6) is 0 Å². The van der Waals surface area contributed by atoms with Crippen molar-refractivity contribution < 1.29 is 19.1 Å². The van der Waals surface area contributed by atoms with Crippen molar-refractivity contribution in [1.29, 1.82) is 0 Å². The van der Waals surface area contributed by atoms with Crippen LogP contribution in [0.25, 0.3) is 0 Å². The third-order valence-corrected chi connectivity index (χ3v) is 5.89. The Morgan fingerprint density at radius 1 is 1.09 bits per heavy atom. The molecule has 0 aliphatic rings. The molecule has 0 aliphatic heterocycles. The number of amides is 3. The molecular formula is C27H45N3O4. The van der Waals surface area contributed by atoms with E-state index in [1.165, 1.54) is 0 Å². The van der Waals surface area contributed by atoms with Gasteiger partial charge in [-0.25, -0.2) is 4.79 Å². The Bertz CT molecular complexity index is 832. The summed E-state index contributed by atoms with van der Waals surface area (Å²) in [7, 11) is 0. The van der Waals surface area contributed by atoms with Crippen LogP contribution in [-0.4, -0.2) is 47.5 Å². The van der Waals surface area contributed by atoms with Crippen LogP contribution in [0.2, 0.25) is 0 Å². The van der Waals surface area contributed by atoms with Gasteiger partial charge in [-0.05, 0) is 65.0 Å². The first kappa shape index (κ1) is 29.5. The Morgan fingerprint density at radius 2 is 1.74 bits per heavy atom. The Labute approximate surface area is 206 Å². The van der Waals surface area contributed by atoms with Crippen molar-refractivity contribution in [2.24, 2.45) is 5.92 Å². The van der Waals surface area contributed by atoms with Gasteiger partial charge in [-0.3, -0.25) is 9.59 Å². The van der Waals surface area contributed by atoms with Gasteiger partial charge in [0.1, 0.15) is 17.7 Å². The van der Waals surface area contributed by atoms with Crippen molar-refractivity contribution in [3.05, 3.63) is 34.9 Å². The van der Waals surface area contributed by atoms with Gasteiger partial charge in [-0.1, -0.05) is 57.4 Å². The number of rotatable bonds is 11. The second-order valence-electron chi connectivity index (χ2n) is 10.0. The van der Waals surface area contributed by atoms with Crippen molar-refractivity contribution in [3.8, 4) is 0 Å². The molecule has 3 atom stereocenters. The van der Waals surface area contributed by atoms with E-state index in [4.69, 9.17) is 4.74 Å². The van der Waals surface area contributed by atoms with Crippen LogP contribution in [-0.2, 0) is 14.3 Å². The predicted octanol–water partition coefficient (Wildman–Crippen LogP) is 5.05. The maximum atomic E-state index is 13.9. The summed E-state index contributed by atoms with van der Waals surface area (Å²) in [4.78, 5) is 41.5. The molecule has 0 aromatic heterocycles. The number of carbonyl (C=O) groups excluding carboxylic acids is 3. The lowest BCUT2D eigenvalue weighted by molar-refractivity contribution is -0.143. The molecule has 0 spiro atoms. The smallest absolute Gasteiger partial charge is 0.408 e. The van der Waals surface area contributed by atoms with E-state index in [0.29, 0.717) is 19.5 Å². The third kappa shape index (κ3) is 8.65. The van der Waals surface area contributed by atoms with Gasteiger partial charge < -0.3 is 20.3 Å². The molecule has 1 aromatic carbocycles. The lowest BCUT2D eigenvalue weighted by atomic mass is 9.93. The van der Waals surface area contributed by atoms with E-state index >= 15 is 0 Å². The first-order chi connectivity index (χ1) is 15.9. The molecule has 3 amide bonds. The number of likely N-dealkylation sites (N-methyl/N-ethyl adjacent to an activating group) is 1. The van der Waals surface area contributed by atoms with Crippen LogP contribution in [0, 0.1) is 19.8 Å². The third-order valence-electron chi connectivity index (χ3n) is 5.89. The van der Waals surface area contributed by atoms with Gasteiger partial charge in [0.2, 0.25) is 11.8 Å². The fourth-order valence-electron chi connectivity index (χ4n) is 3.75. The number of aryl methyl sites for hydroxylation is 2. The minimum atomic E-state index is -0.809. The van der Waals surface area contributed by atoms with Gasteiger partial charge >= 0.3 is 6.09 Å². The highest BCUT2D eigenvalue weighted by molar-refractivity contribution is 5.92. The van der Waals surface area contributed by atoms with Crippen LogP contribution in [0.3, 0.4) is 0 Å². The topological polar surface area (TPSA) is 87.7 Å². The summed E-state index contributed by atoms with van der Waals surface area (Å²) in [6.07, 6.45) is 1.86. The molecular weight excluding hydrogens is 430 g/mol. The molecule has 0 aliphatic carbocycles. The molecule has 7 heteroatoms. The summed E-state index contributed by atoms with van der Waals surface area (Å²) in [5, 5.41) is 5.79. The fourth-order valence-corrected chi connectivity index (χ4v) is 3.75. The molecule has 2 N–H and O–H groups in total. The van der Waals surface area contributed by atoms with Gasteiger partial charge in [0.15, 0.2) is 0 Å². The Balaban J connectivity index is 3.42. The summed E-state index contributed by atoms with van der Waals surface area (Å²) in [5.41, 5.74) is 2.07. The predicted molar refractivity (Wildman–Crippen MR) is 137 cm³/mol. The maximum absolute atomic E-state index is 13.9. The molecule has 1 rings (SSSR count). The number of benzene rings is 1. The van der Waals surface area contributed by atoms with Crippen molar-refractivity contribution in [2.75, 3.05) is 13.1 Å². The highest BCUT2D eigenvalue weighted by atomic mass is 16.6. The molecule has 7 nitrogen and oxygen atoms in total. The molecule has 34 heavy (non-hydrogen) atoms. The van der Waals surface area contributed by atoms with Crippen molar-refractivity contribution in [1.82, 2.24) is 15.5 Å². The van der Waals surface area contributed by atoms with Gasteiger partial charge in [-0.15, -0.1) is 0 Å². The largest absolute Gasteiger partial charge is 0.444 e. The van der Waals surface area contributed by atoms with E-state index < -0.39 is 23.8 Å². The minimum absolute atomic E-state index is 0.142. The van der Waals surface area contributed by atoms with Crippen molar-refractivity contribution in [3.63, 3.8) is 0 Å². The number of hydrogen-bond acceptors (Lipinski definition) is 4. The van der Waals surface area contributed by atoms with Crippen LogP contribution >= 0.6 is 0 Å². The number of unbranched alkanes of at least 4 members (excludes halogenated alkanes) is 1. The van der Waals surface area contributed by atoms with Crippen molar-refractivity contribution in [2.45, 2.75) is 99.3 Å². The molecule has 0 bridgehead atoms. The zero-order valence-corrected chi connectivity index (χ0v) is 22.6. The molecule has 0 saturated carbocycles. The maximum Gasteiger partial charge on any atom is 0.408 e. The standard InChI is InChI=1S/C27H45N3O4/c1-10-13-16-28-24(31)23(21-17-18(4)14-15-20(21)6)30(12-3)25(32)22(19(5)11-2)29-26(33)34-27(7,8)9/h14-15,17,19,22-23H,10-13,16H2,1-9H3,(H,28,31)(H,29,33). The zero-order valence-electron chi connectivity index (χ0n) is 22.6. The monoisotopic (exact) mass is 475 g/mol. The SMILES string of the molecule is CCCCNC(=O)C(c1cc(C)ccc1C)N(CC)C(=O)C(NC(=O)OC(C)(C)C)C(C)CC. The summed E-state index contributed by atoms with van der Waals surface area (Å²) in [6.45, 7) is 17.9. The normalized spacial score (nSPS) is 14.0. The number of nitrogens with zero attached hydrogens (tertiary/aromatic N) is 1. The van der Waals surface area contributed by atoms with Crippen LogP contribution < -0.4 is 10.6 Å². The van der Waals surface area contributed by atoms with Gasteiger partial charge in [0.25, 0.3) is 0 Å². The van der Waals surface area contributed by atoms with Gasteiger partial charge in [0, 0.05) is 13.1 Å². The highest BCUT2D eigenvalue weighted by Crippen LogP contribution is 2.27. The lowest BCUT2D eigenvalue weighted by Crippen LogP contribution is -2.55. The van der Waals surface area contributed by atoms with Gasteiger partial charge in [-0.2, -0.15) is 0 Å². The molecule has 0 fully saturated rings. The second-order valence-corrected chi connectivity index (χ2v) is 10.0.